The van der Waals surface area contributed by atoms with Crippen LogP contribution in [0.15, 0.2) is 69.1 Å². The molecular weight excluding hydrogens is 651 g/mol. The molecule has 0 atom stereocenters. The zero-order valence-corrected chi connectivity index (χ0v) is 23.9. The molecule has 0 unspecified atom stereocenters. The van der Waals surface area contributed by atoms with Crippen LogP contribution in [0.4, 0.5) is 10.5 Å². The van der Waals surface area contributed by atoms with E-state index in [4.69, 9.17) is 32.7 Å². The monoisotopic (exact) mass is 666 g/mol. The van der Waals surface area contributed by atoms with Gasteiger partial charge in [-0.3, -0.25) is 14.9 Å². The number of ether oxygens (including phenoxy) is 2. The third kappa shape index (κ3) is 6.18. The Labute approximate surface area is 239 Å². The first-order valence-electron chi connectivity index (χ1n) is 10.9. The van der Waals surface area contributed by atoms with Crippen molar-refractivity contribution in [3.8, 4) is 11.5 Å². The molecule has 0 radical (unpaired) electrons. The predicted octanol–water partition coefficient (Wildman–Crippen LogP) is 7.16. The fourth-order valence-electron chi connectivity index (χ4n) is 3.53. The van der Waals surface area contributed by atoms with Gasteiger partial charge in [-0.05, 0) is 77.5 Å². The van der Waals surface area contributed by atoms with Crippen molar-refractivity contribution < 1.29 is 23.9 Å². The first-order valence-corrected chi connectivity index (χ1v) is 13.2. The minimum Gasteiger partial charge on any atom is -0.494 e. The van der Waals surface area contributed by atoms with Crippen molar-refractivity contribution >= 4 is 84.7 Å². The zero-order valence-electron chi connectivity index (χ0n) is 19.2. The Hall–Kier alpha value is -2.85. The molecular formula is C26H18Br2Cl2N2O5. The molecule has 1 N–H and O–H groups in total. The van der Waals surface area contributed by atoms with Crippen molar-refractivity contribution in [1.82, 2.24) is 5.32 Å². The van der Waals surface area contributed by atoms with Crippen LogP contribution in [0.2, 0.25) is 10.0 Å². The van der Waals surface area contributed by atoms with Gasteiger partial charge in [-0.2, -0.15) is 0 Å². The fourth-order valence-corrected chi connectivity index (χ4v) is 5.37. The summed E-state index contributed by atoms with van der Waals surface area (Å²) in [5, 5.41) is 3.16. The smallest absolute Gasteiger partial charge is 0.335 e. The second-order valence-electron chi connectivity index (χ2n) is 7.72. The van der Waals surface area contributed by atoms with Gasteiger partial charge >= 0.3 is 6.03 Å². The van der Waals surface area contributed by atoms with E-state index < -0.39 is 17.8 Å². The normalized spacial score (nSPS) is 14.7. The number of nitrogens with one attached hydrogen (secondary N) is 1. The van der Waals surface area contributed by atoms with E-state index in [2.05, 4.69) is 37.2 Å². The summed E-state index contributed by atoms with van der Waals surface area (Å²) in [6.45, 7) is 2.42. The van der Waals surface area contributed by atoms with Crippen molar-refractivity contribution in [3.63, 3.8) is 0 Å². The SMILES string of the molecule is CCOc1ccc(N2C(=O)NC(=O)/C(=C\c3cc(Br)cc(Br)c3OCc3ccc(Cl)cc3Cl)C2=O)cc1. The maximum Gasteiger partial charge on any atom is 0.335 e. The van der Waals surface area contributed by atoms with Crippen LogP contribution in [0.3, 0.4) is 0 Å². The number of carbonyl (C=O) groups is 3. The third-order valence-corrected chi connectivity index (χ3v) is 6.87. The average Bonchev–Trinajstić information content (AvgIpc) is 2.83. The van der Waals surface area contributed by atoms with Gasteiger partial charge in [0, 0.05) is 25.6 Å². The Bertz CT molecular complexity index is 1430. The maximum absolute atomic E-state index is 13.3. The molecule has 0 bridgehead atoms. The van der Waals surface area contributed by atoms with Gasteiger partial charge in [0.15, 0.2) is 0 Å². The number of nitrogens with zero attached hydrogens (tertiary/aromatic N) is 1. The lowest BCUT2D eigenvalue weighted by atomic mass is 10.1. The molecule has 3 aromatic rings. The molecule has 1 saturated heterocycles. The first kappa shape index (κ1) is 27.2. The van der Waals surface area contributed by atoms with Crippen molar-refractivity contribution in [1.29, 1.82) is 0 Å². The predicted molar refractivity (Wildman–Crippen MR) is 149 cm³/mol. The number of barbiturate groups is 1. The highest BCUT2D eigenvalue weighted by atomic mass is 79.9. The molecule has 1 fully saturated rings. The Morgan fingerprint density at radius 3 is 2.38 bits per heavy atom. The van der Waals surface area contributed by atoms with Gasteiger partial charge in [0.2, 0.25) is 0 Å². The van der Waals surface area contributed by atoms with Crippen LogP contribution in [0.1, 0.15) is 18.1 Å². The Kier molecular flexibility index (Phi) is 8.59. The van der Waals surface area contributed by atoms with Crippen molar-refractivity contribution in [2.45, 2.75) is 13.5 Å². The van der Waals surface area contributed by atoms with E-state index in [-0.39, 0.29) is 17.9 Å². The number of hydrogen-bond donors (Lipinski definition) is 1. The van der Waals surface area contributed by atoms with Crippen molar-refractivity contribution in [2.75, 3.05) is 11.5 Å². The lowest BCUT2D eigenvalue weighted by molar-refractivity contribution is -0.122. The van der Waals surface area contributed by atoms with Crippen LogP contribution in [0.5, 0.6) is 11.5 Å². The summed E-state index contributed by atoms with van der Waals surface area (Å²) in [4.78, 5) is 39.5. The lowest BCUT2D eigenvalue weighted by Gasteiger charge is -2.26. The van der Waals surface area contributed by atoms with Crippen LogP contribution in [-0.2, 0) is 16.2 Å². The number of halogens is 4. The lowest BCUT2D eigenvalue weighted by Crippen LogP contribution is -2.54. The molecule has 4 amide bonds. The Morgan fingerprint density at radius 2 is 1.70 bits per heavy atom. The van der Waals surface area contributed by atoms with Crippen LogP contribution >= 0.6 is 55.1 Å². The minimum absolute atomic E-state index is 0.101. The van der Waals surface area contributed by atoms with Gasteiger partial charge in [-0.1, -0.05) is 45.2 Å². The van der Waals surface area contributed by atoms with Gasteiger partial charge in [0.05, 0.1) is 16.8 Å². The highest BCUT2D eigenvalue weighted by Crippen LogP contribution is 2.36. The van der Waals surface area contributed by atoms with E-state index in [1.165, 1.54) is 6.08 Å². The van der Waals surface area contributed by atoms with E-state index in [1.54, 1.807) is 54.6 Å². The molecule has 1 aliphatic rings. The second kappa shape index (κ2) is 11.7. The maximum atomic E-state index is 13.3. The number of imide groups is 2. The summed E-state index contributed by atoms with van der Waals surface area (Å²) >= 11 is 19.1. The number of hydrogen-bond acceptors (Lipinski definition) is 5. The van der Waals surface area contributed by atoms with Crippen LogP contribution in [0.25, 0.3) is 6.08 Å². The van der Waals surface area contributed by atoms with Crippen LogP contribution in [-0.4, -0.2) is 24.5 Å². The quantitative estimate of drug-likeness (QED) is 0.213. The number of urea groups is 1. The van der Waals surface area contributed by atoms with Gasteiger partial charge < -0.3 is 9.47 Å². The van der Waals surface area contributed by atoms with Gasteiger partial charge in [-0.15, -0.1) is 0 Å². The third-order valence-electron chi connectivity index (χ3n) is 5.23. The highest BCUT2D eigenvalue weighted by Gasteiger charge is 2.37. The second-order valence-corrected chi connectivity index (χ2v) is 10.3. The molecule has 4 rings (SSSR count). The summed E-state index contributed by atoms with van der Waals surface area (Å²) in [6.07, 6.45) is 1.37. The van der Waals surface area contributed by atoms with E-state index in [0.717, 1.165) is 4.90 Å². The van der Waals surface area contributed by atoms with E-state index in [0.29, 0.717) is 48.2 Å². The molecule has 7 nitrogen and oxygen atoms in total. The summed E-state index contributed by atoms with van der Waals surface area (Å²) in [5.74, 6) is -0.642. The zero-order chi connectivity index (χ0) is 26.7. The van der Waals surface area contributed by atoms with Crippen molar-refractivity contribution in [3.05, 3.63) is 90.3 Å². The van der Waals surface area contributed by atoms with Gasteiger partial charge in [0.25, 0.3) is 11.8 Å². The summed E-state index contributed by atoms with van der Waals surface area (Å²) < 4.78 is 12.7. The summed E-state index contributed by atoms with van der Waals surface area (Å²) in [7, 11) is 0. The van der Waals surface area contributed by atoms with Crippen molar-refractivity contribution in [2.24, 2.45) is 0 Å². The Morgan fingerprint density at radius 1 is 0.973 bits per heavy atom. The molecule has 1 aliphatic heterocycles. The minimum atomic E-state index is -0.847. The average molecular weight is 669 g/mol. The number of benzene rings is 3. The molecule has 3 aromatic carbocycles. The van der Waals surface area contributed by atoms with Crippen LogP contribution in [0, 0.1) is 0 Å². The molecule has 1 heterocycles. The highest BCUT2D eigenvalue weighted by molar-refractivity contribution is 9.11. The number of anilines is 1. The molecule has 0 aliphatic carbocycles. The van der Waals surface area contributed by atoms with E-state index in [9.17, 15) is 14.4 Å². The summed E-state index contributed by atoms with van der Waals surface area (Å²) in [5.41, 5.74) is 1.16. The first-order chi connectivity index (χ1) is 17.7. The molecule has 0 aromatic heterocycles. The summed E-state index contributed by atoms with van der Waals surface area (Å²) in [6, 6.07) is 14.1. The molecule has 190 valence electrons. The standard InChI is InChI=1S/C26H18Br2Cl2N2O5/c1-2-36-19-7-5-18(6-8-19)32-25(34)20(24(33)31-26(32)35)10-15-9-16(27)11-21(28)23(15)37-13-14-3-4-17(29)12-22(14)30/h3-12H,2,13H2,1H3,(H,31,33,35)/b20-10+. The van der Waals surface area contributed by atoms with Gasteiger partial charge in [-0.25, -0.2) is 9.69 Å². The van der Waals surface area contributed by atoms with E-state index in [1.807, 2.05) is 6.92 Å². The van der Waals surface area contributed by atoms with Crippen LogP contribution < -0.4 is 19.7 Å². The topological polar surface area (TPSA) is 84.9 Å². The molecule has 0 spiro atoms. The fraction of sp³-hybridized carbons (Fsp3) is 0.115. The van der Waals surface area contributed by atoms with Gasteiger partial charge in [0.1, 0.15) is 23.7 Å². The number of amides is 4. The van der Waals surface area contributed by atoms with E-state index >= 15 is 0 Å². The molecule has 37 heavy (non-hydrogen) atoms. The molecule has 11 heteroatoms. The Balaban J connectivity index is 1.68. The number of carbonyl (C=O) groups excluding carboxylic acids is 3. The molecule has 0 saturated carbocycles. The number of rotatable bonds is 7. The largest absolute Gasteiger partial charge is 0.494 e.